The third-order valence-electron chi connectivity index (χ3n) is 2.75. The van der Waals surface area contributed by atoms with Crippen LogP contribution in [-0.2, 0) is 0 Å². The van der Waals surface area contributed by atoms with Crippen LogP contribution in [0.15, 0.2) is 12.3 Å². The van der Waals surface area contributed by atoms with Gasteiger partial charge in [0.25, 0.3) is 0 Å². The predicted molar refractivity (Wildman–Crippen MR) is 72.7 cm³/mol. The van der Waals surface area contributed by atoms with Crippen LogP contribution in [0.5, 0.6) is 0 Å². The molecule has 15 heavy (non-hydrogen) atoms. The van der Waals surface area contributed by atoms with Crippen molar-refractivity contribution in [3.05, 3.63) is 18.0 Å². The Morgan fingerprint density at radius 1 is 1.07 bits per heavy atom. The molecule has 86 valence electrons. The highest BCUT2D eigenvalue weighted by atomic mass is 28.4. The van der Waals surface area contributed by atoms with Gasteiger partial charge in [-0.1, -0.05) is 39.3 Å². The van der Waals surface area contributed by atoms with E-state index < -0.39 is 16.1 Å². The first kappa shape index (κ1) is 12.7. The molecule has 0 spiro atoms. The SMILES string of the molecule is Cc1ccnn1C([Si](C)(C)C)[Si](C)(C)C. The lowest BCUT2D eigenvalue weighted by Gasteiger charge is -2.39. The molecular formula is C11H24N2Si2. The molecule has 0 N–H and O–H groups in total. The van der Waals surface area contributed by atoms with Gasteiger partial charge in [-0.15, -0.1) is 0 Å². The van der Waals surface area contributed by atoms with E-state index in [4.69, 9.17) is 0 Å². The van der Waals surface area contributed by atoms with Crippen LogP contribution in [0.2, 0.25) is 39.3 Å². The molecule has 1 aromatic heterocycles. The van der Waals surface area contributed by atoms with E-state index in [2.05, 4.69) is 62.1 Å². The Bertz CT molecular complexity index is 317. The van der Waals surface area contributed by atoms with Gasteiger partial charge >= 0.3 is 0 Å². The maximum atomic E-state index is 4.54. The molecule has 0 bridgehead atoms. The number of rotatable bonds is 3. The Morgan fingerprint density at radius 3 is 1.80 bits per heavy atom. The molecule has 0 unspecified atom stereocenters. The highest BCUT2D eigenvalue weighted by Gasteiger charge is 2.39. The van der Waals surface area contributed by atoms with Crippen LogP contribution in [-0.4, -0.2) is 25.9 Å². The van der Waals surface area contributed by atoms with Crippen molar-refractivity contribution in [1.82, 2.24) is 9.78 Å². The molecule has 4 heteroatoms. The average molecular weight is 240 g/mol. The minimum atomic E-state index is -1.20. The van der Waals surface area contributed by atoms with Gasteiger partial charge in [-0.05, 0) is 13.0 Å². The summed E-state index contributed by atoms with van der Waals surface area (Å²) in [5.41, 5.74) is 1.31. The number of hydrogen-bond donors (Lipinski definition) is 0. The fourth-order valence-electron chi connectivity index (χ4n) is 2.68. The first-order valence-electron chi connectivity index (χ1n) is 5.64. The molecular weight excluding hydrogens is 216 g/mol. The van der Waals surface area contributed by atoms with Gasteiger partial charge in [-0.2, -0.15) is 5.10 Å². The van der Waals surface area contributed by atoms with E-state index in [-0.39, 0.29) is 0 Å². The van der Waals surface area contributed by atoms with Crippen molar-refractivity contribution in [2.75, 3.05) is 0 Å². The second-order valence-electron chi connectivity index (χ2n) is 6.55. The normalized spacial score (nSPS) is 13.6. The molecule has 0 atom stereocenters. The fourth-order valence-corrected chi connectivity index (χ4v) is 15.1. The second kappa shape index (κ2) is 3.90. The number of nitrogens with zero attached hydrogens (tertiary/aromatic N) is 2. The Morgan fingerprint density at radius 2 is 1.53 bits per heavy atom. The van der Waals surface area contributed by atoms with E-state index in [1.165, 1.54) is 5.69 Å². The van der Waals surface area contributed by atoms with Gasteiger partial charge in [0.2, 0.25) is 0 Å². The topological polar surface area (TPSA) is 17.8 Å². The molecule has 2 nitrogen and oxygen atoms in total. The zero-order valence-corrected chi connectivity index (χ0v) is 13.1. The molecule has 0 radical (unpaired) electrons. The standard InChI is InChI=1S/C11H24N2Si2/c1-10-8-9-12-13(10)11(14(2,3)4)15(5,6)7/h8-9,11H,1-7H3. The van der Waals surface area contributed by atoms with Gasteiger partial charge in [0.15, 0.2) is 0 Å². The maximum Gasteiger partial charge on any atom is 0.0694 e. The molecule has 0 amide bonds. The summed E-state index contributed by atoms with van der Waals surface area (Å²) >= 11 is 0. The van der Waals surface area contributed by atoms with E-state index in [0.717, 1.165) is 0 Å². The van der Waals surface area contributed by atoms with Crippen LogP contribution in [0.25, 0.3) is 0 Å². The van der Waals surface area contributed by atoms with Gasteiger partial charge in [0, 0.05) is 17.2 Å². The molecule has 1 heterocycles. The van der Waals surface area contributed by atoms with Crippen molar-refractivity contribution in [3.63, 3.8) is 0 Å². The molecule has 0 aliphatic rings. The molecule has 0 saturated heterocycles. The average Bonchev–Trinajstić information content (AvgIpc) is 2.30. The minimum Gasteiger partial charge on any atom is -0.273 e. The molecule has 0 fully saturated rings. The Balaban J connectivity index is 3.20. The number of aromatic nitrogens is 2. The van der Waals surface area contributed by atoms with Crippen LogP contribution in [0, 0.1) is 6.92 Å². The summed E-state index contributed by atoms with van der Waals surface area (Å²) in [6, 6.07) is 2.12. The van der Waals surface area contributed by atoms with Crippen molar-refractivity contribution in [2.45, 2.75) is 51.5 Å². The smallest absolute Gasteiger partial charge is 0.0694 e. The lowest BCUT2D eigenvalue weighted by atomic mass is 10.5. The quantitative estimate of drug-likeness (QED) is 0.740. The summed E-state index contributed by atoms with van der Waals surface area (Å²) in [6.07, 6.45) is 1.93. The predicted octanol–water partition coefficient (Wildman–Crippen LogP) is 3.49. The largest absolute Gasteiger partial charge is 0.273 e. The highest BCUT2D eigenvalue weighted by Crippen LogP contribution is 2.31. The summed E-state index contributed by atoms with van der Waals surface area (Å²) in [4.78, 5) is 0. The number of aryl methyl sites for hydroxylation is 1. The summed E-state index contributed by atoms with van der Waals surface area (Å²) < 4.78 is 2.29. The zero-order valence-electron chi connectivity index (χ0n) is 11.1. The lowest BCUT2D eigenvalue weighted by molar-refractivity contribution is 0.660. The third kappa shape index (κ3) is 2.81. The maximum absolute atomic E-state index is 4.54. The van der Waals surface area contributed by atoms with E-state index in [0.29, 0.717) is 5.29 Å². The van der Waals surface area contributed by atoms with E-state index >= 15 is 0 Å². The van der Waals surface area contributed by atoms with Crippen LogP contribution < -0.4 is 0 Å². The van der Waals surface area contributed by atoms with Crippen LogP contribution in [0.3, 0.4) is 0 Å². The van der Waals surface area contributed by atoms with Crippen LogP contribution in [0.4, 0.5) is 0 Å². The van der Waals surface area contributed by atoms with Gasteiger partial charge in [-0.3, -0.25) is 4.68 Å². The number of hydrogen-bond acceptors (Lipinski definition) is 1. The Hall–Kier alpha value is -0.356. The van der Waals surface area contributed by atoms with E-state index in [9.17, 15) is 0 Å². The van der Waals surface area contributed by atoms with E-state index in [1.54, 1.807) is 0 Å². The molecule has 0 aliphatic carbocycles. The fraction of sp³-hybridized carbons (Fsp3) is 0.727. The van der Waals surface area contributed by atoms with Gasteiger partial charge in [0.1, 0.15) is 0 Å². The van der Waals surface area contributed by atoms with Crippen molar-refractivity contribution in [1.29, 1.82) is 0 Å². The van der Waals surface area contributed by atoms with Gasteiger partial charge < -0.3 is 0 Å². The summed E-state index contributed by atoms with van der Waals surface area (Å²) in [5, 5.41) is 5.23. The van der Waals surface area contributed by atoms with Crippen molar-refractivity contribution < 1.29 is 0 Å². The monoisotopic (exact) mass is 240 g/mol. The van der Waals surface area contributed by atoms with Crippen molar-refractivity contribution >= 4 is 16.1 Å². The second-order valence-corrected chi connectivity index (χ2v) is 17.7. The van der Waals surface area contributed by atoms with Gasteiger partial charge in [-0.25, -0.2) is 0 Å². The molecule has 0 saturated carbocycles. The first-order valence-corrected chi connectivity index (χ1v) is 12.8. The highest BCUT2D eigenvalue weighted by molar-refractivity contribution is 6.95. The summed E-state index contributed by atoms with van der Waals surface area (Å²) in [7, 11) is -2.39. The lowest BCUT2D eigenvalue weighted by Crippen LogP contribution is -2.50. The minimum absolute atomic E-state index is 0.694. The van der Waals surface area contributed by atoms with Crippen molar-refractivity contribution in [3.8, 4) is 0 Å². The summed E-state index contributed by atoms with van der Waals surface area (Å²) in [5.74, 6) is 0. The Labute approximate surface area is 95.7 Å². The van der Waals surface area contributed by atoms with Crippen LogP contribution in [0.1, 0.15) is 11.0 Å². The zero-order chi connectivity index (χ0) is 11.9. The van der Waals surface area contributed by atoms with E-state index in [1.807, 2.05) is 6.20 Å². The summed E-state index contributed by atoms with van der Waals surface area (Å²) in [6.45, 7) is 16.9. The van der Waals surface area contributed by atoms with Crippen LogP contribution >= 0.6 is 0 Å². The molecule has 1 rings (SSSR count). The molecule has 0 aliphatic heterocycles. The van der Waals surface area contributed by atoms with Crippen molar-refractivity contribution in [2.24, 2.45) is 0 Å². The van der Waals surface area contributed by atoms with Gasteiger partial charge in [0.05, 0.1) is 16.1 Å². The third-order valence-corrected chi connectivity index (χ3v) is 11.7. The molecule has 0 aromatic carbocycles. The molecule has 1 aromatic rings. The Kier molecular flexibility index (Phi) is 3.31. The first-order chi connectivity index (χ1) is 6.64.